The molecule has 1 heterocycles. The van der Waals surface area contributed by atoms with Crippen molar-refractivity contribution in [2.24, 2.45) is 0 Å². The highest BCUT2D eigenvalue weighted by Crippen LogP contribution is 2.21. The van der Waals surface area contributed by atoms with E-state index in [9.17, 15) is 4.79 Å². The average Bonchev–Trinajstić information content (AvgIpc) is 2.74. The topological polar surface area (TPSA) is 46.3 Å². The lowest BCUT2D eigenvalue weighted by molar-refractivity contribution is 0.0794. The Morgan fingerprint density at radius 1 is 1.33 bits per heavy atom. The first-order valence-electron chi connectivity index (χ1n) is 5.03. The third-order valence-corrected chi connectivity index (χ3v) is 3.13. The van der Waals surface area contributed by atoms with Crippen molar-refractivity contribution in [1.29, 1.82) is 0 Å². The maximum atomic E-state index is 12.0. The quantitative estimate of drug-likeness (QED) is 0.795. The van der Waals surface area contributed by atoms with Gasteiger partial charge in [0.1, 0.15) is 0 Å². The van der Waals surface area contributed by atoms with E-state index in [0.29, 0.717) is 11.3 Å². The minimum atomic E-state index is 0.0475. The lowest BCUT2D eigenvalue weighted by atomic mass is 10.1. The van der Waals surface area contributed by atoms with Gasteiger partial charge in [0.05, 0.1) is 5.56 Å². The molecule has 0 bridgehead atoms. The number of hydrogen-bond acceptors (Lipinski definition) is 2. The molecule has 1 aliphatic heterocycles. The Morgan fingerprint density at radius 3 is 2.67 bits per heavy atom. The van der Waals surface area contributed by atoms with Gasteiger partial charge in [0, 0.05) is 23.2 Å². The standard InChI is InChI=1S/C11H13BrN2O/c12-8-3-4-10(13)9(7-8)11(15)14-5-1-2-6-14/h3-4,7H,1-2,5-6,13H2. The van der Waals surface area contributed by atoms with Crippen molar-refractivity contribution in [2.45, 2.75) is 12.8 Å². The zero-order valence-electron chi connectivity index (χ0n) is 8.37. The first-order valence-corrected chi connectivity index (χ1v) is 5.82. The molecule has 0 atom stereocenters. The fraction of sp³-hybridized carbons (Fsp3) is 0.364. The number of nitrogen functional groups attached to an aromatic ring is 1. The van der Waals surface area contributed by atoms with Crippen LogP contribution in [-0.4, -0.2) is 23.9 Å². The van der Waals surface area contributed by atoms with Gasteiger partial charge in [0.2, 0.25) is 0 Å². The molecule has 15 heavy (non-hydrogen) atoms. The van der Waals surface area contributed by atoms with Crippen LogP contribution in [0.3, 0.4) is 0 Å². The Morgan fingerprint density at radius 2 is 2.00 bits per heavy atom. The summed E-state index contributed by atoms with van der Waals surface area (Å²) in [6, 6.07) is 5.39. The van der Waals surface area contributed by atoms with Crippen molar-refractivity contribution < 1.29 is 4.79 Å². The highest BCUT2D eigenvalue weighted by molar-refractivity contribution is 9.10. The summed E-state index contributed by atoms with van der Waals surface area (Å²) in [6.45, 7) is 1.70. The molecule has 2 N–H and O–H groups in total. The Balaban J connectivity index is 2.27. The van der Waals surface area contributed by atoms with Gasteiger partial charge in [-0.25, -0.2) is 0 Å². The van der Waals surface area contributed by atoms with Crippen molar-refractivity contribution in [3.8, 4) is 0 Å². The second-order valence-corrected chi connectivity index (χ2v) is 4.65. The van der Waals surface area contributed by atoms with E-state index in [4.69, 9.17) is 5.73 Å². The molecule has 0 radical (unpaired) electrons. The number of carbonyl (C=O) groups excluding carboxylic acids is 1. The van der Waals surface area contributed by atoms with E-state index in [-0.39, 0.29) is 5.91 Å². The molecular formula is C11H13BrN2O. The van der Waals surface area contributed by atoms with Crippen LogP contribution in [0.15, 0.2) is 22.7 Å². The summed E-state index contributed by atoms with van der Waals surface area (Å²) in [6.07, 6.45) is 2.19. The minimum absolute atomic E-state index is 0.0475. The van der Waals surface area contributed by atoms with Gasteiger partial charge in [-0.2, -0.15) is 0 Å². The van der Waals surface area contributed by atoms with Crippen LogP contribution in [0.5, 0.6) is 0 Å². The van der Waals surface area contributed by atoms with Crippen LogP contribution in [0.25, 0.3) is 0 Å². The van der Waals surface area contributed by atoms with Gasteiger partial charge in [0.25, 0.3) is 5.91 Å². The molecule has 1 aromatic carbocycles. The van der Waals surface area contributed by atoms with Crippen molar-refractivity contribution in [1.82, 2.24) is 4.90 Å². The number of nitrogens with zero attached hydrogens (tertiary/aromatic N) is 1. The summed E-state index contributed by atoms with van der Waals surface area (Å²) in [5, 5.41) is 0. The predicted octanol–water partition coefficient (Wildman–Crippen LogP) is 2.27. The van der Waals surface area contributed by atoms with E-state index in [1.165, 1.54) is 0 Å². The van der Waals surface area contributed by atoms with Crippen molar-refractivity contribution in [3.05, 3.63) is 28.2 Å². The predicted molar refractivity (Wildman–Crippen MR) is 63.7 cm³/mol. The number of amides is 1. The number of likely N-dealkylation sites (tertiary alicyclic amines) is 1. The third-order valence-electron chi connectivity index (χ3n) is 2.64. The van der Waals surface area contributed by atoms with E-state index in [2.05, 4.69) is 15.9 Å². The van der Waals surface area contributed by atoms with Crippen LogP contribution in [-0.2, 0) is 0 Å². The van der Waals surface area contributed by atoms with Gasteiger partial charge in [-0.15, -0.1) is 0 Å². The second kappa shape index (κ2) is 4.23. The SMILES string of the molecule is Nc1ccc(Br)cc1C(=O)N1CCCC1. The average molecular weight is 269 g/mol. The Bertz CT molecular complexity index is 386. The van der Waals surface area contributed by atoms with Gasteiger partial charge in [-0.05, 0) is 31.0 Å². The summed E-state index contributed by atoms with van der Waals surface area (Å²) < 4.78 is 0.888. The molecule has 0 aliphatic carbocycles. The highest BCUT2D eigenvalue weighted by atomic mass is 79.9. The van der Waals surface area contributed by atoms with Crippen LogP contribution in [0.4, 0.5) is 5.69 Å². The Hall–Kier alpha value is -1.03. The first-order chi connectivity index (χ1) is 7.18. The number of halogens is 1. The van der Waals surface area contributed by atoms with Crippen molar-refractivity contribution >= 4 is 27.5 Å². The molecule has 0 unspecified atom stereocenters. The van der Waals surface area contributed by atoms with Gasteiger partial charge in [0.15, 0.2) is 0 Å². The molecule has 3 nitrogen and oxygen atoms in total. The second-order valence-electron chi connectivity index (χ2n) is 3.73. The van der Waals surface area contributed by atoms with Crippen LogP contribution < -0.4 is 5.73 Å². The zero-order valence-corrected chi connectivity index (χ0v) is 9.96. The van der Waals surface area contributed by atoms with E-state index < -0.39 is 0 Å². The van der Waals surface area contributed by atoms with Crippen LogP contribution in [0.1, 0.15) is 23.2 Å². The molecule has 1 aliphatic rings. The number of carbonyl (C=O) groups is 1. The van der Waals surface area contributed by atoms with Crippen molar-refractivity contribution in [2.75, 3.05) is 18.8 Å². The number of benzene rings is 1. The summed E-state index contributed by atoms with van der Waals surface area (Å²) in [4.78, 5) is 13.9. The first kappa shape index (κ1) is 10.5. The molecule has 1 saturated heterocycles. The lowest BCUT2D eigenvalue weighted by Gasteiger charge is -2.16. The molecule has 1 aromatic rings. The molecule has 1 amide bonds. The summed E-state index contributed by atoms with van der Waals surface area (Å²) in [7, 11) is 0. The van der Waals surface area contributed by atoms with Gasteiger partial charge < -0.3 is 10.6 Å². The van der Waals surface area contributed by atoms with E-state index in [1.54, 1.807) is 12.1 Å². The molecule has 1 fully saturated rings. The molecule has 0 saturated carbocycles. The zero-order chi connectivity index (χ0) is 10.8. The number of rotatable bonds is 1. The van der Waals surface area contributed by atoms with Crippen LogP contribution in [0.2, 0.25) is 0 Å². The van der Waals surface area contributed by atoms with Gasteiger partial charge >= 0.3 is 0 Å². The summed E-state index contributed by atoms with van der Waals surface area (Å²) in [5.74, 6) is 0.0475. The van der Waals surface area contributed by atoms with E-state index >= 15 is 0 Å². The third kappa shape index (κ3) is 2.15. The monoisotopic (exact) mass is 268 g/mol. The molecule has 0 aromatic heterocycles. The van der Waals surface area contributed by atoms with Gasteiger partial charge in [-0.3, -0.25) is 4.79 Å². The number of anilines is 1. The molecule has 80 valence electrons. The smallest absolute Gasteiger partial charge is 0.255 e. The summed E-state index contributed by atoms with van der Waals surface area (Å²) >= 11 is 3.35. The molecule has 2 rings (SSSR count). The van der Waals surface area contributed by atoms with Crippen LogP contribution in [0, 0.1) is 0 Å². The Labute approximate surface area is 97.4 Å². The molecule has 4 heteroatoms. The van der Waals surface area contributed by atoms with E-state index in [1.807, 2.05) is 11.0 Å². The fourth-order valence-electron chi connectivity index (χ4n) is 1.80. The lowest BCUT2D eigenvalue weighted by Crippen LogP contribution is -2.28. The summed E-state index contributed by atoms with van der Waals surface area (Å²) in [5.41, 5.74) is 6.94. The van der Waals surface area contributed by atoms with Crippen LogP contribution >= 0.6 is 15.9 Å². The highest BCUT2D eigenvalue weighted by Gasteiger charge is 2.21. The Kier molecular flexibility index (Phi) is 2.95. The van der Waals surface area contributed by atoms with Crippen molar-refractivity contribution in [3.63, 3.8) is 0 Å². The molecule has 0 spiro atoms. The maximum Gasteiger partial charge on any atom is 0.255 e. The fourth-order valence-corrected chi connectivity index (χ4v) is 2.17. The minimum Gasteiger partial charge on any atom is -0.398 e. The largest absolute Gasteiger partial charge is 0.398 e. The normalized spacial score (nSPS) is 15.7. The van der Waals surface area contributed by atoms with Gasteiger partial charge in [-0.1, -0.05) is 15.9 Å². The van der Waals surface area contributed by atoms with E-state index in [0.717, 1.165) is 30.4 Å². The maximum absolute atomic E-state index is 12.0. The molecular weight excluding hydrogens is 256 g/mol. The number of nitrogens with two attached hydrogens (primary N) is 1. The number of hydrogen-bond donors (Lipinski definition) is 1.